The lowest BCUT2D eigenvalue weighted by atomic mass is 9.68. The molecule has 0 saturated heterocycles. The van der Waals surface area contributed by atoms with E-state index in [0.29, 0.717) is 44.7 Å². The predicted molar refractivity (Wildman–Crippen MR) is 179 cm³/mol. The molecule has 1 spiro atoms. The van der Waals surface area contributed by atoms with Gasteiger partial charge in [-0.15, -0.1) is 0 Å². The van der Waals surface area contributed by atoms with E-state index in [4.69, 9.17) is 21.1 Å². The van der Waals surface area contributed by atoms with Crippen molar-refractivity contribution in [2.45, 2.75) is 75.1 Å². The van der Waals surface area contributed by atoms with Crippen molar-refractivity contribution in [3.63, 3.8) is 0 Å². The number of likely N-dealkylation sites (N-methyl/N-ethyl adjacent to an activating group) is 1. The van der Waals surface area contributed by atoms with Crippen molar-refractivity contribution < 1.29 is 27.5 Å². The Labute approximate surface area is 277 Å². The Morgan fingerprint density at radius 3 is 2.80 bits per heavy atom. The molecule has 2 aliphatic heterocycles. The van der Waals surface area contributed by atoms with E-state index >= 15 is 0 Å². The minimum absolute atomic E-state index is 0.0427. The van der Waals surface area contributed by atoms with Gasteiger partial charge >= 0.3 is 0 Å². The Morgan fingerprint density at radius 2 is 2.04 bits per heavy atom. The molecular weight excluding hydrogens is 626 g/mol. The van der Waals surface area contributed by atoms with Gasteiger partial charge in [0.2, 0.25) is 15.9 Å². The maximum Gasteiger partial charge on any atom is 0.264 e. The van der Waals surface area contributed by atoms with Crippen LogP contribution in [-0.4, -0.2) is 64.9 Å². The zero-order valence-electron chi connectivity index (χ0n) is 26.6. The summed E-state index contributed by atoms with van der Waals surface area (Å²) < 4.78 is 41.8. The van der Waals surface area contributed by atoms with Gasteiger partial charge < -0.3 is 19.7 Å². The number of carbonyl (C=O) groups is 2. The number of fused-ring (bicyclic) bond motifs is 4. The molecule has 0 unspecified atom stereocenters. The highest BCUT2D eigenvalue weighted by molar-refractivity contribution is 7.90. The SMILES string of the molecule is CC[C@@H]1CC/C=C/[C@H](OCC(=O)NC)[C@@H]2CC[C@H]2CN2C[C@@]3(CCCc4cc(Cl)ccc43)COc3ccc(cc32)C(=O)NS1(=O)=O. The monoisotopic (exact) mass is 669 g/mol. The van der Waals surface area contributed by atoms with Crippen LogP contribution in [0, 0.1) is 11.8 Å². The first kappa shape index (κ1) is 32.8. The molecule has 2 aliphatic carbocycles. The summed E-state index contributed by atoms with van der Waals surface area (Å²) in [5.41, 5.74) is 3.27. The number of allylic oxidation sites excluding steroid dienone is 1. The topological polar surface area (TPSA) is 114 Å². The molecule has 1 saturated carbocycles. The van der Waals surface area contributed by atoms with Crippen molar-refractivity contribution in [1.82, 2.24) is 10.0 Å². The predicted octanol–water partition coefficient (Wildman–Crippen LogP) is 5.16. The Hall–Kier alpha value is -3.08. The number of rotatable bonds is 4. The fraction of sp³-hybridized carbons (Fsp3) is 0.543. The minimum atomic E-state index is -3.92. The van der Waals surface area contributed by atoms with E-state index in [-0.39, 0.29) is 41.4 Å². The van der Waals surface area contributed by atoms with Crippen LogP contribution in [0.15, 0.2) is 48.6 Å². The van der Waals surface area contributed by atoms with Crippen LogP contribution in [0.25, 0.3) is 0 Å². The summed E-state index contributed by atoms with van der Waals surface area (Å²) in [7, 11) is -2.33. The third kappa shape index (κ3) is 6.66. The van der Waals surface area contributed by atoms with Crippen molar-refractivity contribution in [1.29, 1.82) is 0 Å². The minimum Gasteiger partial charge on any atom is -0.490 e. The van der Waals surface area contributed by atoms with Crippen molar-refractivity contribution in [3.8, 4) is 5.75 Å². The number of anilines is 1. The summed E-state index contributed by atoms with van der Waals surface area (Å²) >= 11 is 6.42. The average molecular weight is 670 g/mol. The van der Waals surface area contributed by atoms with E-state index in [1.807, 2.05) is 25.1 Å². The number of ether oxygens (including phenoxy) is 2. The van der Waals surface area contributed by atoms with Crippen LogP contribution in [0.5, 0.6) is 5.75 Å². The Kier molecular flexibility index (Phi) is 9.69. The number of hydrogen-bond acceptors (Lipinski definition) is 7. The summed E-state index contributed by atoms with van der Waals surface area (Å²) in [5, 5.41) is 2.64. The lowest BCUT2D eigenvalue weighted by molar-refractivity contribution is -0.128. The highest BCUT2D eigenvalue weighted by atomic mass is 35.5. The summed E-state index contributed by atoms with van der Waals surface area (Å²) in [6.07, 6.45) is 9.85. The van der Waals surface area contributed by atoms with Crippen LogP contribution in [0.2, 0.25) is 5.02 Å². The second-order valence-electron chi connectivity index (χ2n) is 13.2. The Balaban J connectivity index is 1.41. The van der Waals surface area contributed by atoms with Crippen LogP contribution < -0.4 is 19.7 Å². The van der Waals surface area contributed by atoms with E-state index in [0.717, 1.165) is 42.8 Å². The highest BCUT2D eigenvalue weighted by Crippen LogP contribution is 2.47. The van der Waals surface area contributed by atoms with E-state index in [1.54, 1.807) is 25.2 Å². The second kappa shape index (κ2) is 13.6. The molecule has 2 aromatic rings. The quantitative estimate of drug-likeness (QED) is 0.433. The summed E-state index contributed by atoms with van der Waals surface area (Å²) in [5.74, 6) is 0.322. The summed E-state index contributed by atoms with van der Waals surface area (Å²) in [4.78, 5) is 27.9. The third-order valence-electron chi connectivity index (χ3n) is 10.4. The molecule has 2 heterocycles. The van der Waals surface area contributed by atoms with Gasteiger partial charge in [0.05, 0.1) is 23.6 Å². The number of aryl methyl sites for hydroxylation is 1. The van der Waals surface area contributed by atoms with Crippen LogP contribution >= 0.6 is 11.6 Å². The molecule has 248 valence electrons. The number of amides is 2. The van der Waals surface area contributed by atoms with Gasteiger partial charge in [0.25, 0.3) is 5.91 Å². The van der Waals surface area contributed by atoms with E-state index < -0.39 is 21.2 Å². The van der Waals surface area contributed by atoms with Gasteiger partial charge in [0, 0.05) is 36.1 Å². The molecule has 2 N–H and O–H groups in total. The number of sulfonamides is 1. The van der Waals surface area contributed by atoms with E-state index in [1.165, 1.54) is 11.1 Å². The number of nitrogens with one attached hydrogen (secondary N) is 2. The van der Waals surface area contributed by atoms with Crippen LogP contribution in [-0.2, 0) is 31.4 Å². The standard InChI is InChI=1S/C35H44ClN3O6S/c1-3-27-8-4-5-9-31(44-20-33(40)37-2)28-13-10-25(28)19-39-21-35(16-6-7-23-17-26(36)12-14-29(23)35)22-45-32-15-11-24(18-30(32)39)34(41)38-46(27,42)43/h5,9,11-12,14-15,17-18,25,27-28,31H,3-4,6-8,10,13,16,19-22H2,1-2H3,(H,37,40)(H,38,41)/b9-5+/t25-,27+,28+,31-,35-/m0/s1. The van der Waals surface area contributed by atoms with Crippen LogP contribution in [0.1, 0.15) is 73.4 Å². The summed E-state index contributed by atoms with van der Waals surface area (Å²) in [6.45, 7) is 3.64. The molecule has 2 aromatic carbocycles. The first-order valence-electron chi connectivity index (χ1n) is 16.5. The number of halogens is 1. The van der Waals surface area contributed by atoms with Gasteiger partial charge in [-0.3, -0.25) is 9.59 Å². The fourth-order valence-corrected chi connectivity index (χ4v) is 9.34. The van der Waals surface area contributed by atoms with Crippen molar-refractivity contribution >= 4 is 39.1 Å². The van der Waals surface area contributed by atoms with Gasteiger partial charge in [-0.2, -0.15) is 0 Å². The fourth-order valence-electron chi connectivity index (χ4n) is 7.72. The highest BCUT2D eigenvalue weighted by Gasteiger charge is 2.44. The Morgan fingerprint density at radius 1 is 1.20 bits per heavy atom. The van der Waals surface area contributed by atoms with Crippen LogP contribution in [0.3, 0.4) is 0 Å². The molecule has 5 atom stereocenters. The number of nitrogens with zero attached hydrogens (tertiary/aromatic N) is 1. The van der Waals surface area contributed by atoms with Gasteiger partial charge in [-0.25, -0.2) is 13.1 Å². The zero-order valence-corrected chi connectivity index (χ0v) is 28.2. The first-order chi connectivity index (χ1) is 22.1. The molecule has 4 aliphatic rings. The van der Waals surface area contributed by atoms with Crippen molar-refractivity contribution in [2.75, 3.05) is 38.3 Å². The normalized spacial score (nSPS) is 29.6. The van der Waals surface area contributed by atoms with Crippen molar-refractivity contribution in [2.24, 2.45) is 11.8 Å². The Bertz CT molecular complexity index is 1610. The molecule has 2 amide bonds. The van der Waals surface area contributed by atoms with Gasteiger partial charge in [-0.1, -0.05) is 36.7 Å². The van der Waals surface area contributed by atoms with E-state index in [2.05, 4.69) is 27.1 Å². The summed E-state index contributed by atoms with van der Waals surface area (Å²) in [6, 6.07) is 11.4. The van der Waals surface area contributed by atoms with Crippen LogP contribution in [0.4, 0.5) is 5.69 Å². The maximum atomic E-state index is 13.4. The molecular formula is C35H44ClN3O6S. The van der Waals surface area contributed by atoms with Crippen molar-refractivity contribution in [3.05, 3.63) is 70.3 Å². The van der Waals surface area contributed by atoms with Gasteiger partial charge in [0.15, 0.2) is 0 Å². The van der Waals surface area contributed by atoms with E-state index in [9.17, 15) is 18.0 Å². The lowest BCUT2D eigenvalue weighted by Gasteiger charge is -2.46. The number of hydrogen-bond donors (Lipinski definition) is 2. The molecule has 6 rings (SSSR count). The van der Waals surface area contributed by atoms with Gasteiger partial charge in [0.1, 0.15) is 12.4 Å². The average Bonchev–Trinajstić information content (AvgIpc) is 3.17. The van der Waals surface area contributed by atoms with Gasteiger partial charge in [-0.05, 0) is 105 Å². The number of carbonyl (C=O) groups excluding carboxylic acids is 2. The molecule has 9 nitrogen and oxygen atoms in total. The molecule has 46 heavy (non-hydrogen) atoms. The molecule has 0 radical (unpaired) electrons. The molecule has 0 aromatic heterocycles. The third-order valence-corrected chi connectivity index (χ3v) is 12.6. The zero-order chi connectivity index (χ0) is 32.5. The maximum absolute atomic E-state index is 13.4. The lowest BCUT2D eigenvalue weighted by Crippen LogP contribution is -2.50. The smallest absolute Gasteiger partial charge is 0.264 e. The molecule has 2 bridgehead atoms. The first-order valence-corrected chi connectivity index (χ1v) is 18.4. The second-order valence-corrected chi connectivity index (χ2v) is 15.6. The molecule has 1 fully saturated rings. The number of benzene rings is 2. The largest absolute Gasteiger partial charge is 0.490 e. The molecule has 11 heteroatoms.